The van der Waals surface area contributed by atoms with Gasteiger partial charge >= 0.3 is 6.03 Å². The molecular weight excluding hydrogens is 390 g/mol. The van der Waals surface area contributed by atoms with Gasteiger partial charge in [0.25, 0.3) is 0 Å². The molecular formula is C21H31N3O4S. The molecule has 2 heterocycles. The van der Waals surface area contributed by atoms with E-state index in [4.69, 9.17) is 0 Å². The Morgan fingerprint density at radius 2 is 1.69 bits per heavy atom. The Labute approximate surface area is 173 Å². The van der Waals surface area contributed by atoms with Crippen LogP contribution in [-0.2, 0) is 20.4 Å². The highest BCUT2D eigenvalue weighted by atomic mass is 32.2. The molecule has 7 nitrogen and oxygen atoms in total. The molecule has 8 heteroatoms. The van der Waals surface area contributed by atoms with E-state index in [1.165, 1.54) is 0 Å². The van der Waals surface area contributed by atoms with E-state index in [0.717, 1.165) is 44.3 Å². The van der Waals surface area contributed by atoms with Gasteiger partial charge < -0.3 is 15.1 Å². The quantitative estimate of drug-likeness (QED) is 0.683. The van der Waals surface area contributed by atoms with E-state index in [9.17, 15) is 18.0 Å². The first-order valence-electron chi connectivity index (χ1n) is 10.5. The molecule has 0 aromatic heterocycles. The summed E-state index contributed by atoms with van der Waals surface area (Å²) in [5.74, 6) is -0.217. The Kier molecular flexibility index (Phi) is 7.52. The fraction of sp³-hybridized carbons (Fsp3) is 0.619. The third-order valence-electron chi connectivity index (χ3n) is 5.60. The lowest BCUT2D eigenvalue weighted by Crippen LogP contribution is -2.49. The lowest BCUT2D eigenvalue weighted by Gasteiger charge is -2.34. The van der Waals surface area contributed by atoms with Crippen LogP contribution in [-0.4, -0.2) is 68.6 Å². The molecule has 0 spiro atoms. The molecule has 0 radical (unpaired) electrons. The lowest BCUT2D eigenvalue weighted by molar-refractivity contribution is -0.126. The second-order valence-corrected chi connectivity index (χ2v) is 10.2. The molecule has 3 rings (SSSR count). The smallest absolute Gasteiger partial charge is 0.320 e. The monoisotopic (exact) mass is 421 g/mol. The van der Waals surface area contributed by atoms with Gasteiger partial charge in [0, 0.05) is 32.7 Å². The first kappa shape index (κ1) is 21.6. The number of likely N-dealkylation sites (tertiary alicyclic amines) is 2. The predicted octanol–water partition coefficient (Wildman–Crippen LogP) is 2.04. The number of amides is 3. The van der Waals surface area contributed by atoms with Gasteiger partial charge in [-0.3, -0.25) is 4.79 Å². The van der Waals surface area contributed by atoms with Crippen molar-refractivity contribution in [2.45, 2.75) is 37.9 Å². The first-order valence-corrected chi connectivity index (χ1v) is 12.3. The number of rotatable bonds is 7. The average Bonchev–Trinajstić information content (AvgIpc) is 3.26. The van der Waals surface area contributed by atoms with Crippen molar-refractivity contribution in [2.24, 2.45) is 5.92 Å². The molecule has 1 aromatic rings. The van der Waals surface area contributed by atoms with Crippen LogP contribution in [0.15, 0.2) is 30.3 Å². The summed E-state index contributed by atoms with van der Waals surface area (Å²) in [6.45, 7) is 3.11. The van der Waals surface area contributed by atoms with Gasteiger partial charge in [0.1, 0.15) is 0 Å². The molecule has 2 fully saturated rings. The predicted molar refractivity (Wildman–Crippen MR) is 112 cm³/mol. The summed E-state index contributed by atoms with van der Waals surface area (Å²) in [4.78, 5) is 28.7. The van der Waals surface area contributed by atoms with E-state index in [1.807, 2.05) is 23.1 Å². The summed E-state index contributed by atoms with van der Waals surface area (Å²) in [5, 5.41) is 2.86. The Morgan fingerprint density at radius 1 is 1.00 bits per heavy atom. The van der Waals surface area contributed by atoms with Gasteiger partial charge in [-0.05, 0) is 37.7 Å². The Bertz CT molecular complexity index is 791. The molecule has 29 heavy (non-hydrogen) atoms. The SMILES string of the molecule is O=C(NCCCS(=O)(=O)Cc1ccccc1)[C@@H]1CCCN(C(=O)N2CCCC2)C1. The molecule has 0 aliphatic carbocycles. The zero-order valence-corrected chi connectivity index (χ0v) is 17.7. The minimum absolute atomic E-state index is 0.0258. The summed E-state index contributed by atoms with van der Waals surface area (Å²) in [5.41, 5.74) is 0.779. The number of hydrogen-bond donors (Lipinski definition) is 1. The molecule has 0 unspecified atom stereocenters. The van der Waals surface area contributed by atoms with Crippen LogP contribution < -0.4 is 5.32 Å². The maximum atomic E-state index is 12.5. The van der Waals surface area contributed by atoms with Crippen LogP contribution in [0.2, 0.25) is 0 Å². The van der Waals surface area contributed by atoms with Crippen molar-refractivity contribution in [1.29, 1.82) is 0 Å². The maximum Gasteiger partial charge on any atom is 0.320 e. The molecule has 1 atom stereocenters. The molecule has 160 valence electrons. The van der Waals surface area contributed by atoms with Gasteiger partial charge in [0.15, 0.2) is 9.84 Å². The molecule has 2 aliphatic heterocycles. The molecule has 2 saturated heterocycles. The number of hydrogen-bond acceptors (Lipinski definition) is 4. The third-order valence-corrected chi connectivity index (χ3v) is 7.28. The van der Waals surface area contributed by atoms with Crippen LogP contribution in [0.25, 0.3) is 0 Å². The summed E-state index contributed by atoms with van der Waals surface area (Å²) >= 11 is 0. The van der Waals surface area contributed by atoms with E-state index < -0.39 is 9.84 Å². The van der Waals surface area contributed by atoms with Gasteiger partial charge in [-0.1, -0.05) is 30.3 Å². The fourth-order valence-corrected chi connectivity index (χ4v) is 5.45. The number of benzene rings is 1. The number of sulfone groups is 1. The molecule has 0 saturated carbocycles. The summed E-state index contributed by atoms with van der Waals surface area (Å²) in [6.07, 6.45) is 4.09. The van der Waals surface area contributed by atoms with E-state index in [2.05, 4.69) is 5.32 Å². The molecule has 1 N–H and O–H groups in total. The van der Waals surface area contributed by atoms with Gasteiger partial charge in [-0.15, -0.1) is 0 Å². The third kappa shape index (κ3) is 6.45. The van der Waals surface area contributed by atoms with E-state index in [0.29, 0.717) is 26.1 Å². The highest BCUT2D eigenvalue weighted by molar-refractivity contribution is 7.90. The maximum absolute atomic E-state index is 12.5. The van der Waals surface area contributed by atoms with Crippen molar-refractivity contribution in [1.82, 2.24) is 15.1 Å². The van der Waals surface area contributed by atoms with Crippen LogP contribution >= 0.6 is 0 Å². The highest BCUT2D eigenvalue weighted by Crippen LogP contribution is 2.20. The van der Waals surface area contributed by atoms with Crippen molar-refractivity contribution in [3.8, 4) is 0 Å². The van der Waals surface area contributed by atoms with Crippen molar-refractivity contribution in [3.63, 3.8) is 0 Å². The number of carbonyl (C=O) groups excluding carboxylic acids is 2. The summed E-state index contributed by atoms with van der Waals surface area (Å²) < 4.78 is 24.5. The fourth-order valence-electron chi connectivity index (χ4n) is 4.02. The standard InChI is InChI=1S/C21H31N3O4S/c25-20(19-10-6-14-24(16-19)21(26)23-12-4-5-13-23)22-11-7-15-29(27,28)17-18-8-2-1-3-9-18/h1-3,8-9,19H,4-7,10-17H2,(H,22,25)/t19-/m1/s1. The molecule has 1 aromatic carbocycles. The summed E-state index contributed by atoms with van der Waals surface area (Å²) in [7, 11) is -3.20. The average molecular weight is 422 g/mol. The zero-order valence-electron chi connectivity index (χ0n) is 16.9. The minimum atomic E-state index is -3.20. The van der Waals surface area contributed by atoms with E-state index in [-0.39, 0.29) is 29.4 Å². The molecule has 2 aliphatic rings. The van der Waals surface area contributed by atoms with E-state index >= 15 is 0 Å². The Balaban J connectivity index is 1.39. The highest BCUT2D eigenvalue weighted by Gasteiger charge is 2.31. The van der Waals surface area contributed by atoms with Crippen LogP contribution in [0.5, 0.6) is 0 Å². The lowest BCUT2D eigenvalue weighted by atomic mass is 9.97. The van der Waals surface area contributed by atoms with Crippen molar-refractivity contribution >= 4 is 21.8 Å². The number of urea groups is 1. The van der Waals surface area contributed by atoms with Gasteiger partial charge in [0.2, 0.25) is 5.91 Å². The van der Waals surface area contributed by atoms with Crippen LogP contribution in [0, 0.1) is 5.92 Å². The van der Waals surface area contributed by atoms with Gasteiger partial charge in [-0.25, -0.2) is 13.2 Å². The number of piperidine rings is 1. The van der Waals surface area contributed by atoms with Crippen LogP contribution in [0.3, 0.4) is 0 Å². The largest absolute Gasteiger partial charge is 0.356 e. The van der Waals surface area contributed by atoms with Crippen LogP contribution in [0.4, 0.5) is 4.79 Å². The molecule has 0 bridgehead atoms. The second-order valence-electron chi connectivity index (χ2n) is 7.98. The Morgan fingerprint density at radius 3 is 2.41 bits per heavy atom. The normalized spacial score (nSPS) is 19.9. The zero-order chi connectivity index (χ0) is 20.7. The van der Waals surface area contributed by atoms with Crippen LogP contribution in [0.1, 0.15) is 37.7 Å². The first-order chi connectivity index (χ1) is 13.9. The van der Waals surface area contributed by atoms with Gasteiger partial charge in [-0.2, -0.15) is 0 Å². The van der Waals surface area contributed by atoms with Crippen molar-refractivity contribution < 1.29 is 18.0 Å². The van der Waals surface area contributed by atoms with E-state index in [1.54, 1.807) is 17.0 Å². The summed E-state index contributed by atoms with van der Waals surface area (Å²) in [6, 6.07) is 9.17. The second kappa shape index (κ2) is 10.1. The number of carbonyl (C=O) groups is 2. The van der Waals surface area contributed by atoms with Crippen molar-refractivity contribution in [2.75, 3.05) is 38.5 Å². The Hall–Kier alpha value is -2.09. The van der Waals surface area contributed by atoms with Crippen molar-refractivity contribution in [3.05, 3.63) is 35.9 Å². The topological polar surface area (TPSA) is 86.8 Å². The molecule has 3 amide bonds. The minimum Gasteiger partial charge on any atom is -0.356 e. The van der Waals surface area contributed by atoms with Gasteiger partial charge in [0.05, 0.1) is 17.4 Å². The number of nitrogens with zero attached hydrogens (tertiary/aromatic N) is 2. The number of nitrogens with one attached hydrogen (secondary N) is 1.